The van der Waals surface area contributed by atoms with Gasteiger partial charge in [0.15, 0.2) is 0 Å². The first-order chi connectivity index (χ1) is 7.66. The Hall–Kier alpha value is -0.870. The molecule has 0 bridgehead atoms. The number of hydrogen-bond donors (Lipinski definition) is 3. The van der Waals surface area contributed by atoms with E-state index in [1.54, 1.807) is 0 Å². The van der Waals surface area contributed by atoms with Crippen molar-refractivity contribution in [1.82, 2.24) is 15.5 Å². The highest BCUT2D eigenvalue weighted by molar-refractivity contribution is 5.22. The van der Waals surface area contributed by atoms with Crippen molar-refractivity contribution in [3.63, 3.8) is 0 Å². The molecular formula is C12H21N3O. The van der Waals surface area contributed by atoms with Gasteiger partial charge in [0.05, 0.1) is 11.8 Å². The Balaban J connectivity index is 1.76. The second-order valence-electron chi connectivity index (χ2n) is 4.88. The summed E-state index contributed by atoms with van der Waals surface area (Å²) in [5.74, 6) is 0.641. The van der Waals surface area contributed by atoms with Crippen LogP contribution in [0.3, 0.4) is 0 Å². The molecule has 1 aromatic rings. The highest BCUT2D eigenvalue weighted by atomic mass is 16.3. The van der Waals surface area contributed by atoms with Gasteiger partial charge < -0.3 is 10.4 Å². The lowest BCUT2D eigenvalue weighted by Crippen LogP contribution is -2.21. The summed E-state index contributed by atoms with van der Waals surface area (Å²) in [6.07, 6.45) is 3.01. The van der Waals surface area contributed by atoms with Gasteiger partial charge in [0, 0.05) is 17.8 Å². The van der Waals surface area contributed by atoms with Gasteiger partial charge in [-0.1, -0.05) is 0 Å². The van der Waals surface area contributed by atoms with E-state index in [0.29, 0.717) is 5.92 Å². The molecule has 4 nitrogen and oxygen atoms in total. The molecule has 1 aliphatic carbocycles. The Morgan fingerprint density at radius 3 is 2.81 bits per heavy atom. The molecule has 2 unspecified atom stereocenters. The average molecular weight is 223 g/mol. The first-order valence-electron chi connectivity index (χ1n) is 6.06. The molecule has 2 rings (SSSR count). The quantitative estimate of drug-likeness (QED) is 0.720. The molecule has 1 saturated carbocycles. The van der Waals surface area contributed by atoms with E-state index in [9.17, 15) is 5.11 Å². The fraction of sp³-hybridized carbons (Fsp3) is 0.750. The molecule has 0 aliphatic heterocycles. The zero-order valence-electron chi connectivity index (χ0n) is 10.1. The van der Waals surface area contributed by atoms with E-state index in [1.807, 2.05) is 6.92 Å². The topological polar surface area (TPSA) is 60.9 Å². The Morgan fingerprint density at radius 1 is 1.44 bits per heavy atom. The number of nitrogens with one attached hydrogen (secondary N) is 2. The van der Waals surface area contributed by atoms with Crippen LogP contribution >= 0.6 is 0 Å². The molecule has 1 aliphatic rings. The van der Waals surface area contributed by atoms with E-state index in [4.69, 9.17) is 0 Å². The average Bonchev–Trinajstić information content (AvgIpc) is 2.78. The van der Waals surface area contributed by atoms with Crippen LogP contribution in [-0.2, 0) is 6.54 Å². The summed E-state index contributed by atoms with van der Waals surface area (Å²) in [5, 5.41) is 20.1. The van der Waals surface area contributed by atoms with E-state index in [0.717, 1.165) is 43.7 Å². The third-order valence-corrected chi connectivity index (χ3v) is 3.53. The van der Waals surface area contributed by atoms with Crippen molar-refractivity contribution in [2.75, 3.05) is 6.54 Å². The number of nitrogens with zero attached hydrogens (tertiary/aromatic N) is 1. The van der Waals surface area contributed by atoms with Crippen LogP contribution in [0.1, 0.15) is 36.2 Å². The molecule has 16 heavy (non-hydrogen) atoms. The number of aliphatic hydroxyl groups excluding tert-OH is 1. The minimum absolute atomic E-state index is 0.0656. The van der Waals surface area contributed by atoms with Gasteiger partial charge in [-0.05, 0) is 45.6 Å². The predicted octanol–water partition coefficient (Wildman–Crippen LogP) is 1.28. The monoisotopic (exact) mass is 223 g/mol. The SMILES string of the molecule is Cc1n[nH]c(C)c1CNCC1CCC(O)C1. The summed E-state index contributed by atoms with van der Waals surface area (Å²) in [6.45, 7) is 5.96. The van der Waals surface area contributed by atoms with Crippen LogP contribution in [0.4, 0.5) is 0 Å². The van der Waals surface area contributed by atoms with Gasteiger partial charge in [0.1, 0.15) is 0 Å². The van der Waals surface area contributed by atoms with E-state index in [1.165, 1.54) is 5.56 Å². The second-order valence-corrected chi connectivity index (χ2v) is 4.88. The lowest BCUT2D eigenvalue weighted by atomic mass is 10.1. The van der Waals surface area contributed by atoms with E-state index >= 15 is 0 Å². The number of aryl methyl sites for hydroxylation is 2. The standard InChI is InChI=1S/C12H21N3O/c1-8-12(9(2)15-14-8)7-13-6-10-3-4-11(16)5-10/h10-11,13,16H,3-7H2,1-2H3,(H,14,15). The Morgan fingerprint density at radius 2 is 2.25 bits per heavy atom. The lowest BCUT2D eigenvalue weighted by molar-refractivity contribution is 0.177. The minimum atomic E-state index is -0.0656. The van der Waals surface area contributed by atoms with Crippen LogP contribution in [0.25, 0.3) is 0 Å². The van der Waals surface area contributed by atoms with Gasteiger partial charge in [-0.25, -0.2) is 0 Å². The third kappa shape index (κ3) is 2.62. The van der Waals surface area contributed by atoms with Crippen molar-refractivity contribution in [2.45, 2.75) is 45.8 Å². The van der Waals surface area contributed by atoms with Crippen molar-refractivity contribution in [3.8, 4) is 0 Å². The zero-order valence-corrected chi connectivity index (χ0v) is 10.1. The molecule has 0 aromatic carbocycles. The molecule has 0 radical (unpaired) electrons. The molecule has 1 fully saturated rings. The predicted molar refractivity (Wildman–Crippen MR) is 63.1 cm³/mol. The highest BCUT2D eigenvalue weighted by Gasteiger charge is 2.22. The van der Waals surface area contributed by atoms with Crippen molar-refractivity contribution in [2.24, 2.45) is 5.92 Å². The number of aromatic nitrogens is 2. The van der Waals surface area contributed by atoms with Crippen LogP contribution in [0.15, 0.2) is 0 Å². The van der Waals surface area contributed by atoms with Gasteiger partial charge in [-0.2, -0.15) is 5.10 Å². The van der Waals surface area contributed by atoms with Gasteiger partial charge in [-0.3, -0.25) is 5.10 Å². The first-order valence-corrected chi connectivity index (χ1v) is 6.06. The fourth-order valence-electron chi connectivity index (χ4n) is 2.47. The largest absolute Gasteiger partial charge is 0.393 e. The van der Waals surface area contributed by atoms with Crippen molar-refractivity contribution >= 4 is 0 Å². The molecule has 0 saturated heterocycles. The Labute approximate surface area is 96.5 Å². The summed E-state index contributed by atoms with van der Waals surface area (Å²) < 4.78 is 0. The third-order valence-electron chi connectivity index (χ3n) is 3.53. The molecule has 1 heterocycles. The molecule has 2 atom stereocenters. The number of hydrogen-bond acceptors (Lipinski definition) is 3. The maximum absolute atomic E-state index is 9.43. The van der Waals surface area contributed by atoms with Crippen LogP contribution in [0.5, 0.6) is 0 Å². The lowest BCUT2D eigenvalue weighted by Gasteiger charge is -2.10. The smallest absolute Gasteiger partial charge is 0.0638 e. The molecule has 1 aromatic heterocycles. The summed E-state index contributed by atoms with van der Waals surface area (Å²) in [5.41, 5.74) is 3.51. The fourth-order valence-corrected chi connectivity index (χ4v) is 2.47. The highest BCUT2D eigenvalue weighted by Crippen LogP contribution is 2.24. The maximum Gasteiger partial charge on any atom is 0.0638 e. The number of H-pyrrole nitrogens is 1. The van der Waals surface area contributed by atoms with Crippen LogP contribution < -0.4 is 5.32 Å². The molecular weight excluding hydrogens is 202 g/mol. The molecule has 4 heteroatoms. The number of rotatable bonds is 4. The molecule has 0 spiro atoms. The van der Waals surface area contributed by atoms with Gasteiger partial charge in [0.2, 0.25) is 0 Å². The summed E-state index contributed by atoms with van der Waals surface area (Å²) in [6, 6.07) is 0. The van der Waals surface area contributed by atoms with Crippen LogP contribution in [-0.4, -0.2) is 28.0 Å². The zero-order chi connectivity index (χ0) is 11.5. The van der Waals surface area contributed by atoms with Gasteiger partial charge >= 0.3 is 0 Å². The minimum Gasteiger partial charge on any atom is -0.393 e. The van der Waals surface area contributed by atoms with Crippen molar-refractivity contribution in [3.05, 3.63) is 17.0 Å². The summed E-state index contributed by atoms with van der Waals surface area (Å²) in [7, 11) is 0. The van der Waals surface area contributed by atoms with E-state index in [2.05, 4.69) is 22.4 Å². The maximum atomic E-state index is 9.43. The van der Waals surface area contributed by atoms with Gasteiger partial charge in [0.25, 0.3) is 0 Å². The van der Waals surface area contributed by atoms with E-state index < -0.39 is 0 Å². The Bertz CT molecular complexity index is 329. The number of aliphatic hydroxyl groups is 1. The number of aromatic amines is 1. The summed E-state index contributed by atoms with van der Waals surface area (Å²) >= 11 is 0. The summed E-state index contributed by atoms with van der Waals surface area (Å²) in [4.78, 5) is 0. The van der Waals surface area contributed by atoms with Gasteiger partial charge in [-0.15, -0.1) is 0 Å². The van der Waals surface area contributed by atoms with Crippen LogP contribution in [0, 0.1) is 19.8 Å². The van der Waals surface area contributed by atoms with Crippen molar-refractivity contribution in [1.29, 1.82) is 0 Å². The molecule has 0 amide bonds. The van der Waals surface area contributed by atoms with Crippen LogP contribution in [0.2, 0.25) is 0 Å². The molecule has 3 N–H and O–H groups in total. The molecule has 90 valence electrons. The Kier molecular flexibility index (Phi) is 3.61. The second kappa shape index (κ2) is 4.97. The van der Waals surface area contributed by atoms with Crippen molar-refractivity contribution < 1.29 is 5.11 Å². The van der Waals surface area contributed by atoms with E-state index in [-0.39, 0.29) is 6.10 Å². The normalized spacial score (nSPS) is 25.2. The first kappa shape index (κ1) is 11.6.